The normalized spacial score (nSPS) is 10.9. The average Bonchev–Trinajstić information content (AvgIpc) is 2.25. The van der Waals surface area contributed by atoms with E-state index in [1.807, 2.05) is 0 Å². The summed E-state index contributed by atoms with van der Waals surface area (Å²) in [6, 6.07) is 1.78. The van der Waals surface area contributed by atoms with E-state index in [2.05, 4.69) is 24.1 Å². The maximum absolute atomic E-state index is 11.3. The van der Waals surface area contributed by atoms with Crippen LogP contribution in [0, 0.1) is 5.92 Å². The van der Waals surface area contributed by atoms with Crippen molar-refractivity contribution in [2.24, 2.45) is 5.92 Å². The van der Waals surface area contributed by atoms with Gasteiger partial charge in [0.2, 0.25) is 0 Å². The van der Waals surface area contributed by atoms with E-state index in [1.54, 1.807) is 16.8 Å². The standard InChI is InChI=1S/C12H21N3O/c1-11(2)5-3-6-13-8-10-15-9-4-7-14-12(15)16/h4,7,9,11,13H,3,5-6,8,10H2,1-2H3. The van der Waals surface area contributed by atoms with Gasteiger partial charge < -0.3 is 5.32 Å². The molecule has 0 bridgehead atoms. The van der Waals surface area contributed by atoms with E-state index >= 15 is 0 Å². The van der Waals surface area contributed by atoms with E-state index in [0.29, 0.717) is 6.54 Å². The van der Waals surface area contributed by atoms with Crippen molar-refractivity contribution in [1.29, 1.82) is 0 Å². The fraction of sp³-hybridized carbons (Fsp3) is 0.667. The van der Waals surface area contributed by atoms with Crippen LogP contribution in [0.25, 0.3) is 0 Å². The summed E-state index contributed by atoms with van der Waals surface area (Å²) in [5.41, 5.74) is -0.175. The molecule has 1 aromatic heterocycles. The SMILES string of the molecule is CC(C)CCCNCCn1cccnc1=O. The van der Waals surface area contributed by atoms with Gasteiger partial charge in [-0.2, -0.15) is 0 Å². The molecule has 1 heterocycles. The van der Waals surface area contributed by atoms with Crippen LogP contribution in [0.15, 0.2) is 23.3 Å². The van der Waals surface area contributed by atoms with Gasteiger partial charge in [0, 0.05) is 25.5 Å². The summed E-state index contributed by atoms with van der Waals surface area (Å²) in [6.45, 7) is 7.00. The molecule has 0 aromatic carbocycles. The molecule has 1 rings (SSSR count). The second-order valence-electron chi connectivity index (χ2n) is 4.38. The van der Waals surface area contributed by atoms with Crippen LogP contribution in [0.4, 0.5) is 0 Å². The van der Waals surface area contributed by atoms with Crippen LogP contribution in [-0.2, 0) is 6.54 Å². The summed E-state index contributed by atoms with van der Waals surface area (Å²) >= 11 is 0. The lowest BCUT2D eigenvalue weighted by Crippen LogP contribution is -2.28. The van der Waals surface area contributed by atoms with Crippen LogP contribution in [0.2, 0.25) is 0 Å². The number of hydrogen-bond acceptors (Lipinski definition) is 3. The third-order valence-corrected chi connectivity index (χ3v) is 2.45. The molecule has 0 amide bonds. The van der Waals surface area contributed by atoms with Gasteiger partial charge >= 0.3 is 5.69 Å². The summed E-state index contributed by atoms with van der Waals surface area (Å²) in [6.07, 6.45) is 5.74. The molecule has 4 nitrogen and oxygen atoms in total. The van der Waals surface area contributed by atoms with Crippen molar-refractivity contribution in [1.82, 2.24) is 14.9 Å². The van der Waals surface area contributed by atoms with E-state index in [4.69, 9.17) is 0 Å². The minimum absolute atomic E-state index is 0.175. The lowest BCUT2D eigenvalue weighted by atomic mass is 10.1. The van der Waals surface area contributed by atoms with Gasteiger partial charge in [0.05, 0.1) is 0 Å². The highest BCUT2D eigenvalue weighted by Crippen LogP contribution is 2.01. The summed E-state index contributed by atoms with van der Waals surface area (Å²) < 4.78 is 1.62. The van der Waals surface area contributed by atoms with Crippen LogP contribution in [0.5, 0.6) is 0 Å². The molecule has 4 heteroatoms. The van der Waals surface area contributed by atoms with Crippen LogP contribution < -0.4 is 11.0 Å². The van der Waals surface area contributed by atoms with Crippen molar-refractivity contribution in [3.8, 4) is 0 Å². The van der Waals surface area contributed by atoms with Crippen LogP contribution in [-0.4, -0.2) is 22.6 Å². The highest BCUT2D eigenvalue weighted by Gasteiger charge is 1.95. The molecule has 0 aliphatic heterocycles. The van der Waals surface area contributed by atoms with Crippen molar-refractivity contribution in [3.05, 3.63) is 28.9 Å². The Morgan fingerprint density at radius 1 is 1.44 bits per heavy atom. The zero-order valence-corrected chi connectivity index (χ0v) is 10.1. The molecule has 0 spiro atoms. The van der Waals surface area contributed by atoms with Crippen LogP contribution >= 0.6 is 0 Å². The van der Waals surface area contributed by atoms with Gasteiger partial charge in [-0.1, -0.05) is 13.8 Å². The monoisotopic (exact) mass is 223 g/mol. The van der Waals surface area contributed by atoms with E-state index < -0.39 is 0 Å². The average molecular weight is 223 g/mol. The molecule has 0 radical (unpaired) electrons. The summed E-state index contributed by atoms with van der Waals surface area (Å²) in [5, 5.41) is 3.33. The maximum Gasteiger partial charge on any atom is 0.347 e. The van der Waals surface area contributed by atoms with Crippen molar-refractivity contribution < 1.29 is 0 Å². The predicted molar refractivity (Wildman–Crippen MR) is 65.4 cm³/mol. The molecule has 1 N–H and O–H groups in total. The Hall–Kier alpha value is -1.16. The van der Waals surface area contributed by atoms with Gasteiger partial charge in [0.25, 0.3) is 0 Å². The fourth-order valence-electron chi connectivity index (χ4n) is 1.52. The van der Waals surface area contributed by atoms with E-state index in [1.165, 1.54) is 19.0 Å². The Labute approximate surface area is 96.7 Å². The number of rotatable bonds is 7. The molecule has 0 unspecified atom stereocenters. The number of nitrogens with zero attached hydrogens (tertiary/aromatic N) is 2. The third kappa shape index (κ3) is 5.07. The minimum atomic E-state index is -0.175. The Morgan fingerprint density at radius 2 is 2.25 bits per heavy atom. The van der Waals surface area contributed by atoms with Crippen LogP contribution in [0.1, 0.15) is 26.7 Å². The zero-order valence-electron chi connectivity index (χ0n) is 10.1. The largest absolute Gasteiger partial charge is 0.347 e. The van der Waals surface area contributed by atoms with Gasteiger partial charge in [0.1, 0.15) is 0 Å². The summed E-state index contributed by atoms with van der Waals surface area (Å²) in [4.78, 5) is 14.9. The van der Waals surface area contributed by atoms with E-state index in [-0.39, 0.29) is 5.69 Å². The van der Waals surface area contributed by atoms with Crippen molar-refractivity contribution in [2.75, 3.05) is 13.1 Å². The minimum Gasteiger partial charge on any atom is -0.315 e. The molecular formula is C12H21N3O. The first-order valence-corrected chi connectivity index (χ1v) is 5.92. The van der Waals surface area contributed by atoms with Gasteiger partial charge in [0.15, 0.2) is 0 Å². The Morgan fingerprint density at radius 3 is 2.94 bits per heavy atom. The smallest absolute Gasteiger partial charge is 0.315 e. The first-order valence-electron chi connectivity index (χ1n) is 5.92. The highest BCUT2D eigenvalue weighted by atomic mass is 16.1. The summed E-state index contributed by atoms with van der Waals surface area (Å²) in [5.74, 6) is 0.766. The van der Waals surface area contributed by atoms with Crippen molar-refractivity contribution in [2.45, 2.75) is 33.2 Å². The third-order valence-electron chi connectivity index (χ3n) is 2.45. The molecule has 0 fully saturated rings. The second-order valence-corrected chi connectivity index (χ2v) is 4.38. The lowest BCUT2D eigenvalue weighted by molar-refractivity contribution is 0.511. The van der Waals surface area contributed by atoms with Gasteiger partial charge in [-0.15, -0.1) is 0 Å². The predicted octanol–water partition coefficient (Wildman–Crippen LogP) is 1.27. The second kappa shape index (κ2) is 7.17. The number of hydrogen-bond donors (Lipinski definition) is 1. The molecule has 0 atom stereocenters. The van der Waals surface area contributed by atoms with E-state index in [0.717, 1.165) is 19.0 Å². The first kappa shape index (κ1) is 12.9. The molecule has 0 aliphatic rings. The Bertz CT molecular complexity index is 346. The molecule has 0 aliphatic carbocycles. The van der Waals surface area contributed by atoms with Crippen molar-refractivity contribution in [3.63, 3.8) is 0 Å². The highest BCUT2D eigenvalue weighted by molar-refractivity contribution is 4.80. The molecule has 90 valence electrons. The molecule has 16 heavy (non-hydrogen) atoms. The molecular weight excluding hydrogens is 202 g/mol. The molecule has 0 saturated carbocycles. The summed E-state index contributed by atoms with van der Waals surface area (Å²) in [7, 11) is 0. The Kier molecular flexibility index (Phi) is 5.78. The molecule has 0 saturated heterocycles. The Balaban J connectivity index is 2.12. The zero-order chi connectivity index (χ0) is 11.8. The lowest BCUT2D eigenvalue weighted by Gasteiger charge is -2.07. The van der Waals surface area contributed by atoms with Gasteiger partial charge in [-0.25, -0.2) is 9.78 Å². The van der Waals surface area contributed by atoms with Crippen LogP contribution in [0.3, 0.4) is 0 Å². The maximum atomic E-state index is 11.3. The quantitative estimate of drug-likeness (QED) is 0.708. The fourth-order valence-corrected chi connectivity index (χ4v) is 1.52. The van der Waals surface area contributed by atoms with Gasteiger partial charge in [-0.05, 0) is 31.4 Å². The number of nitrogens with one attached hydrogen (secondary N) is 1. The molecule has 1 aromatic rings. The van der Waals surface area contributed by atoms with Gasteiger partial charge in [-0.3, -0.25) is 4.57 Å². The number of aromatic nitrogens is 2. The topological polar surface area (TPSA) is 46.9 Å². The first-order chi connectivity index (χ1) is 7.70. The van der Waals surface area contributed by atoms with E-state index in [9.17, 15) is 4.79 Å². The van der Waals surface area contributed by atoms with Crippen molar-refractivity contribution >= 4 is 0 Å².